The highest BCUT2D eigenvalue weighted by atomic mass is 16.4. The SMILES string of the molecule is CCCCCC=CCC=CCC=CCC=CCCCC(=O)N[C@@H](C)C(=O)O. The van der Waals surface area contributed by atoms with E-state index >= 15 is 0 Å². The highest BCUT2D eigenvalue weighted by Gasteiger charge is 2.12. The first kappa shape index (κ1) is 24.9. The van der Waals surface area contributed by atoms with Crippen molar-refractivity contribution in [2.45, 2.75) is 84.1 Å². The van der Waals surface area contributed by atoms with Crippen LogP contribution in [0.5, 0.6) is 0 Å². The largest absolute Gasteiger partial charge is 0.480 e. The fourth-order valence-electron chi connectivity index (χ4n) is 2.32. The third-order valence-electron chi connectivity index (χ3n) is 3.98. The zero-order valence-corrected chi connectivity index (χ0v) is 17.0. The average molecular weight is 376 g/mol. The first-order valence-electron chi connectivity index (χ1n) is 10.2. The lowest BCUT2D eigenvalue weighted by Crippen LogP contribution is -2.38. The number of amides is 1. The Labute approximate surface area is 165 Å². The maximum atomic E-state index is 11.5. The molecule has 0 saturated heterocycles. The van der Waals surface area contributed by atoms with Gasteiger partial charge in [-0.15, -0.1) is 0 Å². The van der Waals surface area contributed by atoms with Gasteiger partial charge in [-0.2, -0.15) is 0 Å². The molecule has 0 saturated carbocycles. The van der Waals surface area contributed by atoms with Crippen molar-refractivity contribution in [1.82, 2.24) is 5.32 Å². The third-order valence-corrected chi connectivity index (χ3v) is 3.98. The second kappa shape index (κ2) is 18.7. The lowest BCUT2D eigenvalue weighted by Gasteiger charge is -2.08. The molecule has 0 radical (unpaired) electrons. The summed E-state index contributed by atoms with van der Waals surface area (Å²) in [5.74, 6) is -1.22. The predicted molar refractivity (Wildman–Crippen MR) is 114 cm³/mol. The molecule has 0 rings (SSSR count). The van der Waals surface area contributed by atoms with Gasteiger partial charge in [-0.05, 0) is 51.9 Å². The van der Waals surface area contributed by atoms with E-state index in [4.69, 9.17) is 5.11 Å². The summed E-state index contributed by atoms with van der Waals surface area (Å²) in [7, 11) is 0. The quantitative estimate of drug-likeness (QED) is 0.268. The number of carboxylic acid groups (broad SMARTS) is 1. The van der Waals surface area contributed by atoms with E-state index in [1.807, 2.05) is 0 Å². The van der Waals surface area contributed by atoms with Gasteiger partial charge in [0.25, 0.3) is 0 Å². The fraction of sp³-hybridized carbons (Fsp3) is 0.565. The molecule has 0 aliphatic carbocycles. The lowest BCUT2D eigenvalue weighted by molar-refractivity contribution is -0.141. The molecule has 0 aliphatic rings. The third kappa shape index (κ3) is 18.5. The summed E-state index contributed by atoms with van der Waals surface area (Å²) in [5, 5.41) is 11.2. The van der Waals surface area contributed by atoms with Crippen LogP contribution in [0.4, 0.5) is 0 Å². The summed E-state index contributed by atoms with van der Waals surface area (Å²) in [6.45, 7) is 3.69. The van der Waals surface area contributed by atoms with E-state index in [-0.39, 0.29) is 5.91 Å². The number of unbranched alkanes of at least 4 members (excludes halogenated alkanes) is 4. The molecule has 0 aromatic rings. The normalized spacial score (nSPS) is 13.3. The fourth-order valence-corrected chi connectivity index (χ4v) is 2.32. The summed E-state index contributed by atoms with van der Waals surface area (Å²) in [6, 6.07) is -0.825. The predicted octanol–water partition coefficient (Wildman–Crippen LogP) is 5.72. The smallest absolute Gasteiger partial charge is 0.325 e. The number of hydrogen-bond acceptors (Lipinski definition) is 2. The number of aliphatic carboxylic acids is 1. The molecule has 0 fully saturated rings. The van der Waals surface area contributed by atoms with Gasteiger partial charge in [-0.3, -0.25) is 9.59 Å². The molecule has 2 N–H and O–H groups in total. The molecule has 152 valence electrons. The van der Waals surface area contributed by atoms with Crippen LogP contribution in [0.2, 0.25) is 0 Å². The van der Waals surface area contributed by atoms with Crippen molar-refractivity contribution in [3.63, 3.8) is 0 Å². The topological polar surface area (TPSA) is 66.4 Å². The summed E-state index contributed by atoms with van der Waals surface area (Å²) in [4.78, 5) is 22.1. The van der Waals surface area contributed by atoms with Gasteiger partial charge < -0.3 is 10.4 Å². The van der Waals surface area contributed by atoms with Crippen molar-refractivity contribution in [2.24, 2.45) is 0 Å². The van der Waals surface area contributed by atoms with Gasteiger partial charge in [-0.25, -0.2) is 0 Å². The Morgan fingerprint density at radius 3 is 1.78 bits per heavy atom. The van der Waals surface area contributed by atoms with Crippen molar-refractivity contribution in [3.05, 3.63) is 48.6 Å². The Balaban J connectivity index is 3.56. The Kier molecular flexibility index (Phi) is 17.2. The van der Waals surface area contributed by atoms with Crippen molar-refractivity contribution in [1.29, 1.82) is 0 Å². The van der Waals surface area contributed by atoms with Gasteiger partial charge in [0.15, 0.2) is 0 Å². The molecular formula is C23H37NO3. The van der Waals surface area contributed by atoms with Crippen LogP contribution in [0.1, 0.15) is 78.1 Å². The maximum Gasteiger partial charge on any atom is 0.325 e. The standard InChI is InChI=1S/C23H37NO3/c1-3-4-5-6-7-8-9-10-11-12-13-14-15-16-17-18-19-20-22(25)24-21(2)23(26)27/h7-8,10-11,13-14,16-17,21H,3-6,9,12,15,18-20H2,1-2H3,(H,24,25)(H,26,27)/t21-/m0/s1. The van der Waals surface area contributed by atoms with Crippen molar-refractivity contribution < 1.29 is 14.7 Å². The number of carbonyl (C=O) groups is 2. The molecule has 0 aromatic carbocycles. The zero-order valence-electron chi connectivity index (χ0n) is 17.0. The van der Waals surface area contributed by atoms with Crippen LogP contribution in [0.25, 0.3) is 0 Å². The first-order valence-corrected chi connectivity index (χ1v) is 10.2. The number of nitrogens with one attached hydrogen (secondary N) is 1. The zero-order chi connectivity index (χ0) is 20.2. The molecule has 27 heavy (non-hydrogen) atoms. The minimum Gasteiger partial charge on any atom is -0.480 e. The summed E-state index contributed by atoms with van der Waals surface area (Å²) in [6.07, 6.45) is 27.2. The van der Waals surface area contributed by atoms with Crippen LogP contribution in [0.3, 0.4) is 0 Å². The van der Waals surface area contributed by atoms with Crippen LogP contribution in [0.15, 0.2) is 48.6 Å². The van der Waals surface area contributed by atoms with Gasteiger partial charge in [0.05, 0.1) is 0 Å². The van der Waals surface area contributed by atoms with E-state index in [1.54, 1.807) is 0 Å². The molecule has 0 aliphatic heterocycles. The van der Waals surface area contributed by atoms with E-state index < -0.39 is 12.0 Å². The van der Waals surface area contributed by atoms with E-state index in [0.29, 0.717) is 6.42 Å². The molecule has 4 nitrogen and oxygen atoms in total. The molecule has 0 unspecified atom stereocenters. The van der Waals surface area contributed by atoms with E-state index in [2.05, 4.69) is 60.8 Å². The summed E-state index contributed by atoms with van der Waals surface area (Å²) < 4.78 is 0. The summed E-state index contributed by atoms with van der Waals surface area (Å²) in [5.41, 5.74) is 0. The minimum atomic E-state index is -1.01. The van der Waals surface area contributed by atoms with Crippen LogP contribution in [0, 0.1) is 0 Å². The van der Waals surface area contributed by atoms with Crippen LogP contribution in [-0.4, -0.2) is 23.0 Å². The number of allylic oxidation sites excluding steroid dienone is 8. The number of carboxylic acids is 1. The second-order valence-electron chi connectivity index (χ2n) is 6.61. The van der Waals surface area contributed by atoms with Gasteiger partial charge in [0.1, 0.15) is 6.04 Å². The highest BCUT2D eigenvalue weighted by molar-refractivity contribution is 5.83. The number of carbonyl (C=O) groups excluding carboxylic acids is 1. The molecule has 4 heteroatoms. The van der Waals surface area contributed by atoms with E-state index in [0.717, 1.165) is 32.1 Å². The molecule has 0 spiro atoms. The molecular weight excluding hydrogens is 338 g/mol. The first-order chi connectivity index (χ1) is 13.1. The monoisotopic (exact) mass is 375 g/mol. The Hall–Kier alpha value is -2.10. The molecule has 0 aromatic heterocycles. The molecule has 1 atom stereocenters. The Bertz CT molecular complexity index is 504. The second-order valence-corrected chi connectivity index (χ2v) is 6.61. The molecule has 1 amide bonds. The van der Waals surface area contributed by atoms with E-state index in [9.17, 15) is 9.59 Å². The van der Waals surface area contributed by atoms with Crippen LogP contribution in [-0.2, 0) is 9.59 Å². The number of rotatable bonds is 16. The Morgan fingerprint density at radius 2 is 1.30 bits per heavy atom. The van der Waals surface area contributed by atoms with Crippen molar-refractivity contribution in [2.75, 3.05) is 0 Å². The van der Waals surface area contributed by atoms with Crippen LogP contribution < -0.4 is 5.32 Å². The van der Waals surface area contributed by atoms with Gasteiger partial charge in [-0.1, -0.05) is 68.4 Å². The minimum absolute atomic E-state index is 0.208. The molecule has 0 heterocycles. The summed E-state index contributed by atoms with van der Waals surface area (Å²) >= 11 is 0. The van der Waals surface area contributed by atoms with Crippen molar-refractivity contribution >= 4 is 11.9 Å². The van der Waals surface area contributed by atoms with Crippen molar-refractivity contribution in [3.8, 4) is 0 Å². The number of hydrogen-bond donors (Lipinski definition) is 2. The van der Waals surface area contributed by atoms with Gasteiger partial charge in [0, 0.05) is 6.42 Å². The maximum absolute atomic E-state index is 11.5. The average Bonchev–Trinajstić information content (AvgIpc) is 2.64. The Morgan fingerprint density at radius 1 is 0.815 bits per heavy atom. The highest BCUT2D eigenvalue weighted by Crippen LogP contribution is 2.01. The van der Waals surface area contributed by atoms with Crippen LogP contribution >= 0.6 is 0 Å². The van der Waals surface area contributed by atoms with Gasteiger partial charge in [0.2, 0.25) is 5.91 Å². The lowest BCUT2D eigenvalue weighted by atomic mass is 10.2. The molecule has 0 bridgehead atoms. The van der Waals surface area contributed by atoms with E-state index in [1.165, 1.54) is 32.6 Å². The van der Waals surface area contributed by atoms with Gasteiger partial charge >= 0.3 is 5.97 Å².